The van der Waals surface area contributed by atoms with Crippen molar-refractivity contribution in [2.75, 3.05) is 26.7 Å². The first kappa shape index (κ1) is 18.8. The van der Waals surface area contributed by atoms with Gasteiger partial charge in [0.05, 0.1) is 12.4 Å². The molecule has 1 aliphatic heterocycles. The Balaban J connectivity index is 1.92. The van der Waals surface area contributed by atoms with Gasteiger partial charge in [0.25, 0.3) is 0 Å². The minimum absolute atomic E-state index is 0.474. The molecule has 0 spiro atoms. The summed E-state index contributed by atoms with van der Waals surface area (Å²) in [5, 5.41) is 3.63. The molecule has 5 heteroatoms. The van der Waals surface area contributed by atoms with Crippen LogP contribution in [0.1, 0.15) is 58.9 Å². The van der Waals surface area contributed by atoms with Gasteiger partial charge in [0, 0.05) is 39.1 Å². The molecule has 3 atom stereocenters. The molecule has 0 radical (unpaired) electrons. The lowest BCUT2D eigenvalue weighted by Crippen LogP contribution is -2.49. The van der Waals surface area contributed by atoms with Crippen LogP contribution in [0.15, 0.2) is 23.7 Å². The highest BCUT2D eigenvalue weighted by atomic mass is 15.3. The van der Waals surface area contributed by atoms with Crippen molar-refractivity contribution in [3.05, 3.63) is 18.7 Å². The van der Waals surface area contributed by atoms with E-state index in [1.807, 2.05) is 19.6 Å². The van der Waals surface area contributed by atoms with E-state index >= 15 is 0 Å². The van der Waals surface area contributed by atoms with Crippen molar-refractivity contribution in [2.24, 2.45) is 16.8 Å². The van der Waals surface area contributed by atoms with Crippen molar-refractivity contribution in [2.45, 2.75) is 58.9 Å². The van der Waals surface area contributed by atoms with Crippen LogP contribution in [-0.2, 0) is 0 Å². The quantitative estimate of drug-likeness (QED) is 0.613. The Bertz CT molecular complexity index is 482. The lowest BCUT2D eigenvalue weighted by Gasteiger charge is -2.39. The van der Waals surface area contributed by atoms with Gasteiger partial charge in [0.1, 0.15) is 0 Å². The lowest BCUT2D eigenvalue weighted by molar-refractivity contribution is 0.188. The second-order valence-corrected chi connectivity index (χ2v) is 7.13. The Hall–Kier alpha value is -1.52. The van der Waals surface area contributed by atoms with Crippen LogP contribution >= 0.6 is 0 Å². The zero-order valence-corrected chi connectivity index (χ0v) is 15.9. The van der Waals surface area contributed by atoms with Crippen LogP contribution < -0.4 is 5.32 Å². The summed E-state index contributed by atoms with van der Waals surface area (Å²) in [5.41, 5.74) is 0. The van der Waals surface area contributed by atoms with E-state index in [1.54, 1.807) is 0 Å². The molecule has 0 aromatic carbocycles. The van der Waals surface area contributed by atoms with E-state index in [9.17, 15) is 0 Å². The van der Waals surface area contributed by atoms with Crippen molar-refractivity contribution < 1.29 is 0 Å². The van der Waals surface area contributed by atoms with Gasteiger partial charge in [-0.1, -0.05) is 40.0 Å². The van der Waals surface area contributed by atoms with Crippen LogP contribution in [0, 0.1) is 11.8 Å². The first-order valence-electron chi connectivity index (χ1n) is 9.62. The summed E-state index contributed by atoms with van der Waals surface area (Å²) in [6, 6.07) is 0.474. The predicted molar refractivity (Wildman–Crippen MR) is 101 cm³/mol. The number of nitrogens with zero attached hydrogens (tertiary/aromatic N) is 4. The van der Waals surface area contributed by atoms with Crippen LogP contribution in [0.4, 0.5) is 0 Å². The molecule has 24 heavy (non-hydrogen) atoms. The molecule has 0 bridgehead atoms. The highest BCUT2D eigenvalue weighted by molar-refractivity contribution is 5.80. The van der Waals surface area contributed by atoms with Gasteiger partial charge >= 0.3 is 0 Å². The summed E-state index contributed by atoms with van der Waals surface area (Å²) in [6.45, 7) is 10.0. The normalized spacial score (nSPS) is 23.3. The SMILES string of the molecule is CCCCC(CC)CNC(=NC)N1CCC(C)C(n2ccnc2)C1. The fourth-order valence-corrected chi connectivity index (χ4v) is 3.61. The van der Waals surface area contributed by atoms with Gasteiger partial charge in [-0.2, -0.15) is 0 Å². The molecular formula is C19H35N5. The number of aromatic nitrogens is 2. The van der Waals surface area contributed by atoms with Crippen LogP contribution in [0.5, 0.6) is 0 Å². The monoisotopic (exact) mass is 333 g/mol. The van der Waals surface area contributed by atoms with E-state index in [4.69, 9.17) is 0 Å². The molecule has 1 aromatic heterocycles. The van der Waals surface area contributed by atoms with E-state index in [0.29, 0.717) is 12.0 Å². The molecule has 1 aromatic rings. The summed E-state index contributed by atoms with van der Waals surface area (Å²) < 4.78 is 2.25. The number of piperidine rings is 1. The summed E-state index contributed by atoms with van der Waals surface area (Å²) in [5.74, 6) is 2.47. The van der Waals surface area contributed by atoms with Gasteiger partial charge < -0.3 is 14.8 Å². The molecule has 2 rings (SSSR count). The Labute approximate surface area is 147 Å². The van der Waals surface area contributed by atoms with Gasteiger partial charge in [-0.3, -0.25) is 4.99 Å². The minimum atomic E-state index is 0.474. The number of aliphatic imine (C=N–C) groups is 1. The number of unbranched alkanes of at least 4 members (excludes halogenated alkanes) is 1. The minimum Gasteiger partial charge on any atom is -0.356 e. The summed E-state index contributed by atoms with van der Waals surface area (Å²) in [4.78, 5) is 11.2. The molecule has 0 aliphatic carbocycles. The number of nitrogens with one attached hydrogen (secondary N) is 1. The highest BCUT2D eigenvalue weighted by Crippen LogP contribution is 2.27. The summed E-state index contributed by atoms with van der Waals surface area (Å²) in [6.07, 6.45) is 12.2. The third-order valence-electron chi connectivity index (χ3n) is 5.43. The number of hydrogen-bond donors (Lipinski definition) is 1. The highest BCUT2D eigenvalue weighted by Gasteiger charge is 2.28. The zero-order chi connectivity index (χ0) is 17.4. The predicted octanol–water partition coefficient (Wildman–Crippen LogP) is 3.56. The maximum absolute atomic E-state index is 4.55. The number of guanidine groups is 1. The smallest absolute Gasteiger partial charge is 0.193 e. The number of rotatable bonds is 7. The maximum atomic E-state index is 4.55. The van der Waals surface area contributed by atoms with Gasteiger partial charge in [0.2, 0.25) is 0 Å². The van der Waals surface area contributed by atoms with E-state index in [0.717, 1.165) is 31.5 Å². The van der Waals surface area contributed by atoms with Crippen LogP contribution in [0.2, 0.25) is 0 Å². The van der Waals surface area contributed by atoms with Crippen LogP contribution in [-0.4, -0.2) is 47.1 Å². The van der Waals surface area contributed by atoms with Crippen LogP contribution in [0.25, 0.3) is 0 Å². The van der Waals surface area contributed by atoms with Gasteiger partial charge in [-0.25, -0.2) is 4.98 Å². The van der Waals surface area contributed by atoms with Gasteiger partial charge in [-0.05, 0) is 24.7 Å². The van der Waals surface area contributed by atoms with E-state index in [1.165, 1.54) is 32.1 Å². The lowest BCUT2D eigenvalue weighted by atomic mass is 9.93. The average Bonchev–Trinajstić information content (AvgIpc) is 3.13. The van der Waals surface area contributed by atoms with Crippen molar-refractivity contribution >= 4 is 5.96 Å². The third-order valence-corrected chi connectivity index (χ3v) is 5.43. The van der Waals surface area contributed by atoms with E-state index < -0.39 is 0 Å². The standard InChI is InChI=1S/C19H35N5/c1-5-7-8-17(6-2)13-22-19(20-4)23-11-9-16(3)18(14-23)24-12-10-21-15-24/h10,12,15-18H,5-9,11,13-14H2,1-4H3,(H,20,22). The number of imidazole rings is 1. The Morgan fingerprint density at radius 2 is 2.25 bits per heavy atom. The number of hydrogen-bond acceptors (Lipinski definition) is 2. The molecule has 2 heterocycles. The summed E-state index contributed by atoms with van der Waals surface area (Å²) >= 11 is 0. The Morgan fingerprint density at radius 3 is 2.88 bits per heavy atom. The Kier molecular flexibility index (Phi) is 7.60. The second kappa shape index (κ2) is 9.70. The van der Waals surface area contributed by atoms with Crippen LogP contribution in [0.3, 0.4) is 0 Å². The number of likely N-dealkylation sites (tertiary alicyclic amines) is 1. The molecule has 0 amide bonds. The van der Waals surface area contributed by atoms with Crippen molar-refractivity contribution in [1.29, 1.82) is 0 Å². The maximum Gasteiger partial charge on any atom is 0.193 e. The Morgan fingerprint density at radius 1 is 1.42 bits per heavy atom. The van der Waals surface area contributed by atoms with E-state index in [2.05, 4.69) is 51.7 Å². The van der Waals surface area contributed by atoms with Crippen molar-refractivity contribution in [1.82, 2.24) is 19.8 Å². The molecule has 0 saturated carbocycles. The van der Waals surface area contributed by atoms with Crippen molar-refractivity contribution in [3.8, 4) is 0 Å². The molecule has 5 nitrogen and oxygen atoms in total. The van der Waals surface area contributed by atoms with Crippen molar-refractivity contribution in [3.63, 3.8) is 0 Å². The first-order valence-corrected chi connectivity index (χ1v) is 9.62. The largest absolute Gasteiger partial charge is 0.356 e. The molecule has 1 aliphatic rings. The first-order chi connectivity index (χ1) is 11.7. The summed E-state index contributed by atoms with van der Waals surface area (Å²) in [7, 11) is 1.90. The molecular weight excluding hydrogens is 298 g/mol. The third kappa shape index (κ3) is 4.99. The zero-order valence-electron chi connectivity index (χ0n) is 15.9. The average molecular weight is 334 g/mol. The van der Waals surface area contributed by atoms with Gasteiger partial charge in [0.15, 0.2) is 5.96 Å². The topological polar surface area (TPSA) is 45.5 Å². The second-order valence-electron chi connectivity index (χ2n) is 7.13. The molecule has 1 fully saturated rings. The molecule has 1 saturated heterocycles. The fraction of sp³-hybridized carbons (Fsp3) is 0.789. The van der Waals surface area contributed by atoms with E-state index in [-0.39, 0.29) is 0 Å². The molecule has 136 valence electrons. The van der Waals surface area contributed by atoms with Gasteiger partial charge in [-0.15, -0.1) is 0 Å². The molecule has 1 N–H and O–H groups in total. The molecule has 3 unspecified atom stereocenters. The fourth-order valence-electron chi connectivity index (χ4n) is 3.61.